The summed E-state index contributed by atoms with van der Waals surface area (Å²) >= 11 is 0. The quantitative estimate of drug-likeness (QED) is 0.808. The molecule has 0 radical (unpaired) electrons. The Balaban J connectivity index is 2.11. The minimum Gasteiger partial charge on any atom is -0.493 e. The van der Waals surface area contributed by atoms with E-state index < -0.39 is 5.82 Å². The van der Waals surface area contributed by atoms with Crippen molar-refractivity contribution in [1.29, 1.82) is 0 Å². The molecule has 0 fully saturated rings. The van der Waals surface area contributed by atoms with Crippen molar-refractivity contribution in [1.82, 2.24) is 0 Å². The largest absolute Gasteiger partial charge is 0.493 e. The maximum absolute atomic E-state index is 13.2. The second kappa shape index (κ2) is 8.15. The fourth-order valence-corrected chi connectivity index (χ4v) is 2.14. The number of benzene rings is 2. The topological polar surface area (TPSA) is 47.6 Å². The van der Waals surface area contributed by atoms with Gasteiger partial charge in [0, 0.05) is 11.8 Å². The van der Waals surface area contributed by atoms with Gasteiger partial charge < -0.3 is 14.8 Å². The van der Waals surface area contributed by atoms with Gasteiger partial charge in [0.2, 0.25) is 5.91 Å². The number of nitrogens with one attached hydrogen (secondary N) is 1. The lowest BCUT2D eigenvalue weighted by Crippen LogP contribution is -2.09. The van der Waals surface area contributed by atoms with E-state index in [1.54, 1.807) is 38.3 Å². The average molecular weight is 329 g/mol. The summed E-state index contributed by atoms with van der Waals surface area (Å²) in [6.07, 6.45) is 3.05. The normalized spacial score (nSPS) is 10.7. The molecule has 2 aromatic carbocycles. The van der Waals surface area contributed by atoms with Crippen molar-refractivity contribution in [3.05, 3.63) is 59.4 Å². The van der Waals surface area contributed by atoms with Crippen LogP contribution in [0, 0.1) is 12.7 Å². The number of amides is 1. The van der Waals surface area contributed by atoms with Crippen LogP contribution >= 0.6 is 0 Å². The summed E-state index contributed by atoms with van der Waals surface area (Å²) in [5, 5.41) is 2.66. The zero-order valence-electron chi connectivity index (χ0n) is 13.9. The fraction of sp³-hybridized carbons (Fsp3) is 0.211. The lowest BCUT2D eigenvalue weighted by Gasteiger charge is -2.09. The van der Waals surface area contributed by atoms with Crippen LogP contribution in [0.2, 0.25) is 0 Å². The molecule has 126 valence electrons. The van der Waals surface area contributed by atoms with Crippen molar-refractivity contribution in [3.8, 4) is 11.5 Å². The van der Waals surface area contributed by atoms with Crippen molar-refractivity contribution in [2.24, 2.45) is 0 Å². The Morgan fingerprint density at radius 3 is 2.71 bits per heavy atom. The molecule has 0 atom stereocenters. The SMILES string of the molecule is CCOc1cc(/C=C/C(=O)Nc2cc(F)ccc2C)ccc1OC. The molecule has 0 aliphatic heterocycles. The smallest absolute Gasteiger partial charge is 0.248 e. The van der Waals surface area contributed by atoms with Crippen LogP contribution in [0.1, 0.15) is 18.1 Å². The molecule has 2 rings (SSSR count). The van der Waals surface area contributed by atoms with E-state index in [1.807, 2.05) is 13.0 Å². The minimum absolute atomic E-state index is 0.336. The van der Waals surface area contributed by atoms with Gasteiger partial charge in [-0.25, -0.2) is 4.39 Å². The summed E-state index contributed by atoms with van der Waals surface area (Å²) in [5.41, 5.74) is 2.04. The number of carbonyl (C=O) groups excluding carboxylic acids is 1. The highest BCUT2D eigenvalue weighted by Gasteiger charge is 2.05. The number of anilines is 1. The summed E-state index contributed by atoms with van der Waals surface area (Å²) in [7, 11) is 1.57. The van der Waals surface area contributed by atoms with E-state index in [0.717, 1.165) is 11.1 Å². The maximum atomic E-state index is 13.2. The van der Waals surface area contributed by atoms with Gasteiger partial charge in [0.05, 0.1) is 13.7 Å². The van der Waals surface area contributed by atoms with E-state index >= 15 is 0 Å². The number of rotatable bonds is 6. The molecule has 1 amide bonds. The van der Waals surface area contributed by atoms with E-state index in [2.05, 4.69) is 5.32 Å². The van der Waals surface area contributed by atoms with Gasteiger partial charge in [-0.3, -0.25) is 4.79 Å². The van der Waals surface area contributed by atoms with Crippen LogP contribution in [0.4, 0.5) is 10.1 Å². The molecular weight excluding hydrogens is 309 g/mol. The second-order valence-corrected chi connectivity index (χ2v) is 5.13. The molecule has 0 aliphatic rings. The van der Waals surface area contributed by atoms with Crippen molar-refractivity contribution in [2.45, 2.75) is 13.8 Å². The average Bonchev–Trinajstić information content (AvgIpc) is 2.57. The second-order valence-electron chi connectivity index (χ2n) is 5.13. The Morgan fingerprint density at radius 1 is 1.21 bits per heavy atom. The van der Waals surface area contributed by atoms with Crippen molar-refractivity contribution in [2.75, 3.05) is 19.0 Å². The van der Waals surface area contributed by atoms with Gasteiger partial charge in [-0.1, -0.05) is 12.1 Å². The van der Waals surface area contributed by atoms with E-state index in [-0.39, 0.29) is 5.91 Å². The zero-order valence-corrected chi connectivity index (χ0v) is 13.9. The van der Waals surface area contributed by atoms with E-state index in [0.29, 0.717) is 23.8 Å². The number of ether oxygens (including phenoxy) is 2. The molecule has 0 unspecified atom stereocenters. The Hall–Kier alpha value is -2.82. The van der Waals surface area contributed by atoms with Crippen LogP contribution in [-0.4, -0.2) is 19.6 Å². The highest BCUT2D eigenvalue weighted by molar-refractivity contribution is 6.02. The molecule has 1 N–H and O–H groups in total. The van der Waals surface area contributed by atoms with Crippen LogP contribution in [0.5, 0.6) is 11.5 Å². The monoisotopic (exact) mass is 329 g/mol. The van der Waals surface area contributed by atoms with Crippen LogP contribution in [0.3, 0.4) is 0 Å². The lowest BCUT2D eigenvalue weighted by atomic mass is 10.1. The summed E-state index contributed by atoms with van der Waals surface area (Å²) in [4.78, 5) is 12.0. The first kappa shape index (κ1) is 17.5. The number of hydrogen-bond acceptors (Lipinski definition) is 3. The summed E-state index contributed by atoms with van der Waals surface area (Å²) in [6, 6.07) is 9.65. The number of carbonyl (C=O) groups is 1. The molecule has 0 spiro atoms. The molecular formula is C19H20FNO3. The molecule has 0 bridgehead atoms. The van der Waals surface area contributed by atoms with Crippen molar-refractivity contribution in [3.63, 3.8) is 0 Å². The number of halogens is 1. The Bertz CT molecular complexity index is 756. The molecule has 0 aliphatic carbocycles. The van der Waals surface area contributed by atoms with Crippen LogP contribution in [-0.2, 0) is 4.79 Å². The predicted molar refractivity (Wildman–Crippen MR) is 93.0 cm³/mol. The minimum atomic E-state index is -0.392. The maximum Gasteiger partial charge on any atom is 0.248 e. The highest BCUT2D eigenvalue weighted by Crippen LogP contribution is 2.28. The number of hydrogen-bond donors (Lipinski definition) is 1. The van der Waals surface area contributed by atoms with Gasteiger partial charge in [0.25, 0.3) is 0 Å². The van der Waals surface area contributed by atoms with Crippen LogP contribution < -0.4 is 14.8 Å². The summed E-state index contributed by atoms with van der Waals surface area (Å²) < 4.78 is 24.0. The third-order valence-corrected chi connectivity index (χ3v) is 3.37. The first-order valence-electron chi connectivity index (χ1n) is 7.59. The Labute approximate surface area is 140 Å². The predicted octanol–water partition coefficient (Wildman–Crippen LogP) is 4.19. The van der Waals surface area contributed by atoms with E-state index in [9.17, 15) is 9.18 Å². The molecule has 24 heavy (non-hydrogen) atoms. The third kappa shape index (κ3) is 4.59. The van der Waals surface area contributed by atoms with Gasteiger partial charge in [-0.2, -0.15) is 0 Å². The highest BCUT2D eigenvalue weighted by atomic mass is 19.1. The molecule has 0 saturated heterocycles. The first-order chi connectivity index (χ1) is 11.5. The molecule has 0 saturated carbocycles. The van der Waals surface area contributed by atoms with Crippen LogP contribution in [0.15, 0.2) is 42.5 Å². The first-order valence-corrected chi connectivity index (χ1v) is 7.59. The van der Waals surface area contributed by atoms with Crippen molar-refractivity contribution >= 4 is 17.7 Å². The van der Waals surface area contributed by atoms with Crippen LogP contribution in [0.25, 0.3) is 6.08 Å². The Morgan fingerprint density at radius 2 is 2.00 bits per heavy atom. The molecule has 0 heterocycles. The zero-order chi connectivity index (χ0) is 17.5. The van der Waals surface area contributed by atoms with Gasteiger partial charge in [-0.05, 0) is 55.3 Å². The van der Waals surface area contributed by atoms with Gasteiger partial charge in [-0.15, -0.1) is 0 Å². The van der Waals surface area contributed by atoms with Gasteiger partial charge in [0.1, 0.15) is 5.82 Å². The fourth-order valence-electron chi connectivity index (χ4n) is 2.14. The van der Waals surface area contributed by atoms with Crippen molar-refractivity contribution < 1.29 is 18.7 Å². The van der Waals surface area contributed by atoms with Gasteiger partial charge >= 0.3 is 0 Å². The van der Waals surface area contributed by atoms with E-state index in [4.69, 9.17) is 9.47 Å². The lowest BCUT2D eigenvalue weighted by molar-refractivity contribution is -0.111. The standard InChI is InChI=1S/C19H20FNO3/c1-4-24-18-11-14(6-9-17(18)23-3)7-10-19(22)21-16-12-15(20)8-5-13(16)2/h5-12H,4H2,1-3H3,(H,21,22)/b10-7+. The van der Waals surface area contributed by atoms with E-state index in [1.165, 1.54) is 18.2 Å². The molecule has 4 nitrogen and oxygen atoms in total. The number of methoxy groups -OCH3 is 1. The third-order valence-electron chi connectivity index (χ3n) is 3.37. The van der Waals surface area contributed by atoms with Gasteiger partial charge in [0.15, 0.2) is 11.5 Å². The number of aryl methyl sites for hydroxylation is 1. The Kier molecular flexibility index (Phi) is 5.95. The molecule has 5 heteroatoms. The molecule has 0 aromatic heterocycles. The summed E-state index contributed by atoms with van der Waals surface area (Å²) in [5.74, 6) is 0.520. The molecule has 2 aromatic rings. The summed E-state index contributed by atoms with van der Waals surface area (Å²) in [6.45, 7) is 4.20.